The number of carbonyl (C=O) groups excluding carboxylic acids is 1. The fourth-order valence-electron chi connectivity index (χ4n) is 3.15. The van der Waals surface area contributed by atoms with Gasteiger partial charge in [-0.3, -0.25) is 9.69 Å². The van der Waals surface area contributed by atoms with Gasteiger partial charge in [-0.25, -0.2) is 4.98 Å². The van der Waals surface area contributed by atoms with Crippen LogP contribution >= 0.6 is 11.3 Å². The second-order valence-electron chi connectivity index (χ2n) is 6.80. The Hall–Kier alpha value is -2.38. The minimum Gasteiger partial charge on any atom is -0.493 e. The highest BCUT2D eigenvalue weighted by Crippen LogP contribution is 2.28. The summed E-state index contributed by atoms with van der Waals surface area (Å²) in [5.74, 6) is 1.36. The number of amides is 1. The average molecular weight is 402 g/mol. The van der Waals surface area contributed by atoms with Gasteiger partial charge in [-0.05, 0) is 37.6 Å². The number of nitrogens with zero attached hydrogens (tertiary/aromatic N) is 3. The fraction of sp³-hybridized carbons (Fsp3) is 0.429. The number of aryl methyl sites for hydroxylation is 2. The third-order valence-corrected chi connectivity index (χ3v) is 6.00. The number of hydrogen-bond donors (Lipinski definition) is 0. The molecule has 1 aromatic heterocycles. The third kappa shape index (κ3) is 4.91. The second-order valence-corrected chi connectivity index (χ2v) is 8.09. The lowest BCUT2D eigenvalue weighted by Crippen LogP contribution is -2.47. The van der Waals surface area contributed by atoms with Gasteiger partial charge in [0.2, 0.25) is 5.91 Å². The van der Waals surface area contributed by atoms with Crippen molar-refractivity contribution in [2.45, 2.75) is 20.4 Å². The SMILES string of the molecule is COc1ccc(/C=C/C(=O)N2CCN(Cc3nc(C)c(C)s3)CC2)cc1OC. The highest BCUT2D eigenvalue weighted by Gasteiger charge is 2.20. The highest BCUT2D eigenvalue weighted by molar-refractivity contribution is 7.11. The van der Waals surface area contributed by atoms with Crippen molar-refractivity contribution in [3.05, 3.63) is 45.4 Å². The zero-order chi connectivity index (χ0) is 20.1. The van der Waals surface area contributed by atoms with Crippen LogP contribution in [0.25, 0.3) is 6.08 Å². The molecule has 0 bridgehead atoms. The number of aromatic nitrogens is 1. The molecule has 1 aliphatic heterocycles. The van der Waals surface area contributed by atoms with Crippen LogP contribution in [0.4, 0.5) is 0 Å². The van der Waals surface area contributed by atoms with Crippen LogP contribution in [0.15, 0.2) is 24.3 Å². The van der Waals surface area contributed by atoms with Crippen molar-refractivity contribution in [2.75, 3.05) is 40.4 Å². The highest BCUT2D eigenvalue weighted by atomic mass is 32.1. The monoisotopic (exact) mass is 401 g/mol. The molecule has 0 spiro atoms. The number of hydrogen-bond acceptors (Lipinski definition) is 6. The first-order valence-corrected chi connectivity index (χ1v) is 10.2. The Kier molecular flexibility index (Phi) is 6.70. The summed E-state index contributed by atoms with van der Waals surface area (Å²) in [6.07, 6.45) is 3.45. The van der Waals surface area contributed by atoms with E-state index in [1.807, 2.05) is 29.2 Å². The molecule has 1 aromatic carbocycles. The molecule has 6 nitrogen and oxygen atoms in total. The molecule has 7 heteroatoms. The zero-order valence-electron chi connectivity index (χ0n) is 16.9. The summed E-state index contributed by atoms with van der Waals surface area (Å²) >= 11 is 1.76. The summed E-state index contributed by atoms with van der Waals surface area (Å²) in [5.41, 5.74) is 2.02. The molecule has 1 saturated heterocycles. The van der Waals surface area contributed by atoms with E-state index in [9.17, 15) is 4.79 Å². The van der Waals surface area contributed by atoms with Gasteiger partial charge in [0, 0.05) is 37.1 Å². The number of benzene rings is 1. The number of rotatable bonds is 6. The molecular weight excluding hydrogens is 374 g/mol. The van der Waals surface area contributed by atoms with E-state index in [1.165, 1.54) is 4.88 Å². The van der Waals surface area contributed by atoms with Crippen LogP contribution < -0.4 is 9.47 Å². The summed E-state index contributed by atoms with van der Waals surface area (Å²) in [5, 5.41) is 1.16. The molecule has 28 heavy (non-hydrogen) atoms. The minimum absolute atomic E-state index is 0.0374. The normalized spacial score (nSPS) is 15.2. The molecule has 0 N–H and O–H groups in total. The van der Waals surface area contributed by atoms with E-state index in [-0.39, 0.29) is 5.91 Å². The summed E-state index contributed by atoms with van der Waals surface area (Å²) in [7, 11) is 3.21. The fourth-order valence-corrected chi connectivity index (χ4v) is 4.13. The van der Waals surface area contributed by atoms with Crippen LogP contribution in [0.1, 0.15) is 21.1 Å². The van der Waals surface area contributed by atoms with Crippen molar-refractivity contribution in [1.29, 1.82) is 0 Å². The number of carbonyl (C=O) groups is 1. The molecule has 0 saturated carbocycles. The Morgan fingerprint density at radius 3 is 2.46 bits per heavy atom. The molecule has 150 valence electrons. The second kappa shape index (κ2) is 9.21. The van der Waals surface area contributed by atoms with Gasteiger partial charge in [-0.2, -0.15) is 0 Å². The van der Waals surface area contributed by atoms with Crippen molar-refractivity contribution in [2.24, 2.45) is 0 Å². The van der Waals surface area contributed by atoms with Crippen LogP contribution in [-0.4, -0.2) is 61.1 Å². The van der Waals surface area contributed by atoms with Crippen LogP contribution in [-0.2, 0) is 11.3 Å². The molecule has 1 aliphatic rings. The van der Waals surface area contributed by atoms with Crippen LogP contribution in [0.2, 0.25) is 0 Å². The first kappa shape index (κ1) is 20.4. The van der Waals surface area contributed by atoms with Gasteiger partial charge in [-0.15, -0.1) is 11.3 Å². The topological polar surface area (TPSA) is 54.9 Å². The van der Waals surface area contributed by atoms with E-state index >= 15 is 0 Å². The van der Waals surface area contributed by atoms with Crippen molar-refractivity contribution in [3.63, 3.8) is 0 Å². The number of thiazole rings is 1. The number of piperazine rings is 1. The molecule has 2 heterocycles. The smallest absolute Gasteiger partial charge is 0.246 e. The maximum atomic E-state index is 12.5. The Labute approximate surface area is 170 Å². The molecular formula is C21H27N3O3S. The molecule has 0 radical (unpaired) electrons. The van der Waals surface area contributed by atoms with E-state index in [4.69, 9.17) is 9.47 Å². The summed E-state index contributed by atoms with van der Waals surface area (Å²) < 4.78 is 10.5. The van der Waals surface area contributed by atoms with E-state index in [0.29, 0.717) is 11.5 Å². The largest absolute Gasteiger partial charge is 0.493 e. The lowest BCUT2D eigenvalue weighted by atomic mass is 10.2. The van der Waals surface area contributed by atoms with Crippen LogP contribution in [0.5, 0.6) is 11.5 Å². The van der Waals surface area contributed by atoms with Gasteiger partial charge >= 0.3 is 0 Å². The molecule has 1 fully saturated rings. The molecule has 3 rings (SSSR count). The Morgan fingerprint density at radius 1 is 1.14 bits per heavy atom. The zero-order valence-corrected chi connectivity index (χ0v) is 17.7. The van der Waals surface area contributed by atoms with E-state index in [1.54, 1.807) is 31.6 Å². The average Bonchev–Trinajstić information content (AvgIpc) is 3.03. The van der Waals surface area contributed by atoms with Crippen molar-refractivity contribution < 1.29 is 14.3 Å². The van der Waals surface area contributed by atoms with Crippen molar-refractivity contribution in [3.8, 4) is 11.5 Å². The first-order valence-electron chi connectivity index (χ1n) is 9.34. The number of methoxy groups -OCH3 is 2. The van der Waals surface area contributed by atoms with Gasteiger partial charge in [-0.1, -0.05) is 6.07 Å². The number of ether oxygens (including phenoxy) is 2. The van der Waals surface area contributed by atoms with Gasteiger partial charge in [0.05, 0.1) is 26.5 Å². The Morgan fingerprint density at radius 2 is 1.86 bits per heavy atom. The first-order chi connectivity index (χ1) is 13.5. The van der Waals surface area contributed by atoms with E-state index in [2.05, 4.69) is 23.7 Å². The van der Waals surface area contributed by atoms with E-state index in [0.717, 1.165) is 49.0 Å². The minimum atomic E-state index is 0.0374. The van der Waals surface area contributed by atoms with Crippen LogP contribution in [0.3, 0.4) is 0 Å². The molecule has 0 unspecified atom stereocenters. The summed E-state index contributed by atoms with van der Waals surface area (Å²) in [6.45, 7) is 8.23. The summed E-state index contributed by atoms with van der Waals surface area (Å²) in [6, 6.07) is 5.60. The standard InChI is InChI=1S/C21H27N3O3S/c1-15-16(2)28-20(22-15)14-23-9-11-24(12-10-23)21(25)8-6-17-5-7-18(26-3)19(13-17)27-4/h5-8,13H,9-12,14H2,1-4H3/b8-6+. The molecule has 0 aliphatic carbocycles. The predicted molar refractivity (Wildman–Crippen MR) is 112 cm³/mol. The van der Waals surface area contributed by atoms with Gasteiger partial charge in [0.15, 0.2) is 11.5 Å². The lowest BCUT2D eigenvalue weighted by molar-refractivity contribution is -0.127. The third-order valence-electron chi connectivity index (χ3n) is 4.94. The molecule has 1 amide bonds. The van der Waals surface area contributed by atoms with Gasteiger partial charge < -0.3 is 14.4 Å². The maximum absolute atomic E-state index is 12.5. The van der Waals surface area contributed by atoms with Gasteiger partial charge in [0.1, 0.15) is 5.01 Å². The van der Waals surface area contributed by atoms with E-state index < -0.39 is 0 Å². The van der Waals surface area contributed by atoms with Gasteiger partial charge in [0.25, 0.3) is 0 Å². The Bertz CT molecular complexity index is 835. The van der Waals surface area contributed by atoms with Crippen molar-refractivity contribution in [1.82, 2.24) is 14.8 Å². The molecule has 2 aromatic rings. The summed E-state index contributed by atoms with van der Waals surface area (Å²) in [4.78, 5) is 22.7. The predicted octanol–water partition coefficient (Wildman–Crippen LogP) is 3.13. The van der Waals surface area contributed by atoms with Crippen molar-refractivity contribution >= 4 is 23.3 Å². The Balaban J connectivity index is 1.53. The van der Waals surface area contributed by atoms with Crippen LogP contribution in [0, 0.1) is 13.8 Å². The quantitative estimate of drug-likeness (QED) is 0.696. The maximum Gasteiger partial charge on any atom is 0.246 e. The lowest BCUT2D eigenvalue weighted by Gasteiger charge is -2.33. The molecule has 0 atom stereocenters.